The second-order valence-electron chi connectivity index (χ2n) is 6.77. The highest BCUT2D eigenvalue weighted by Gasteiger charge is 2.39. The second kappa shape index (κ2) is 8.06. The summed E-state index contributed by atoms with van der Waals surface area (Å²) in [5, 5.41) is 3.77. The van der Waals surface area contributed by atoms with Gasteiger partial charge < -0.3 is 10.1 Å². The fourth-order valence-corrected chi connectivity index (χ4v) is 3.55. The molecule has 1 aliphatic rings. The summed E-state index contributed by atoms with van der Waals surface area (Å²) in [6.07, 6.45) is 6.39. The highest BCUT2D eigenvalue weighted by molar-refractivity contribution is 7.99. The summed E-state index contributed by atoms with van der Waals surface area (Å²) in [5.41, 5.74) is -0.438. The van der Waals surface area contributed by atoms with E-state index in [-0.39, 0.29) is 11.9 Å². The molecular formula is C16H29NO3S. The quantitative estimate of drug-likeness (QED) is 0.626. The number of esters is 1. The van der Waals surface area contributed by atoms with Gasteiger partial charge in [-0.1, -0.05) is 20.8 Å². The van der Waals surface area contributed by atoms with Crippen LogP contribution in [0.15, 0.2) is 0 Å². The van der Waals surface area contributed by atoms with Crippen LogP contribution in [0, 0.1) is 11.3 Å². The third-order valence-electron chi connectivity index (χ3n) is 4.00. The smallest absolute Gasteiger partial charge is 0.319 e. The predicted octanol–water partition coefficient (Wildman–Crippen LogP) is 3.00. The Morgan fingerprint density at radius 2 is 1.81 bits per heavy atom. The Morgan fingerprint density at radius 1 is 1.24 bits per heavy atom. The summed E-state index contributed by atoms with van der Waals surface area (Å²) < 4.78 is 5.07. The van der Waals surface area contributed by atoms with Crippen LogP contribution >= 0.6 is 11.8 Å². The van der Waals surface area contributed by atoms with Crippen molar-refractivity contribution < 1.29 is 14.3 Å². The molecule has 0 aromatic carbocycles. The number of carbonyl (C=O) groups excluding carboxylic acids is 2. The van der Waals surface area contributed by atoms with Gasteiger partial charge in [0.05, 0.1) is 6.61 Å². The zero-order chi connectivity index (χ0) is 16.0. The SMILES string of the molecule is CCOC(=O)C(C(=O)NC1CCC(SC)CC1)C(C)(C)C. The molecule has 1 rings (SSSR count). The molecule has 0 spiro atoms. The van der Waals surface area contributed by atoms with Gasteiger partial charge in [-0.2, -0.15) is 11.8 Å². The van der Waals surface area contributed by atoms with Crippen molar-refractivity contribution >= 4 is 23.6 Å². The maximum absolute atomic E-state index is 12.5. The zero-order valence-corrected chi connectivity index (χ0v) is 14.7. The molecule has 0 aromatic rings. The fourth-order valence-electron chi connectivity index (χ4n) is 2.81. The lowest BCUT2D eigenvalue weighted by atomic mass is 9.79. The van der Waals surface area contributed by atoms with Gasteiger partial charge in [-0.3, -0.25) is 9.59 Å². The van der Waals surface area contributed by atoms with Gasteiger partial charge in [-0.15, -0.1) is 0 Å². The van der Waals surface area contributed by atoms with E-state index in [1.165, 1.54) is 0 Å². The van der Waals surface area contributed by atoms with E-state index in [1.807, 2.05) is 32.5 Å². The van der Waals surface area contributed by atoms with Gasteiger partial charge >= 0.3 is 5.97 Å². The van der Waals surface area contributed by atoms with Gasteiger partial charge in [0.1, 0.15) is 5.92 Å². The number of thioether (sulfide) groups is 1. The molecule has 21 heavy (non-hydrogen) atoms. The molecule has 1 amide bonds. The molecule has 0 bridgehead atoms. The van der Waals surface area contributed by atoms with Crippen LogP contribution in [0.2, 0.25) is 0 Å². The molecule has 1 fully saturated rings. The van der Waals surface area contributed by atoms with Crippen LogP contribution in [0.5, 0.6) is 0 Å². The lowest BCUT2D eigenvalue weighted by Gasteiger charge is -2.32. The molecular weight excluding hydrogens is 286 g/mol. The lowest BCUT2D eigenvalue weighted by Crippen LogP contribution is -2.48. The van der Waals surface area contributed by atoms with E-state index in [2.05, 4.69) is 11.6 Å². The Hall–Kier alpha value is -0.710. The van der Waals surface area contributed by atoms with Crippen LogP contribution in [-0.4, -0.2) is 36.0 Å². The van der Waals surface area contributed by atoms with Crippen LogP contribution in [-0.2, 0) is 14.3 Å². The van der Waals surface area contributed by atoms with E-state index in [1.54, 1.807) is 6.92 Å². The Labute approximate surface area is 132 Å². The van der Waals surface area contributed by atoms with Crippen molar-refractivity contribution in [1.82, 2.24) is 5.32 Å². The minimum absolute atomic E-state index is 0.187. The van der Waals surface area contributed by atoms with Crippen LogP contribution in [0.25, 0.3) is 0 Å². The third-order valence-corrected chi connectivity index (χ3v) is 5.14. The molecule has 0 aromatic heterocycles. The molecule has 0 aliphatic heterocycles. The Balaban J connectivity index is 2.63. The largest absolute Gasteiger partial charge is 0.465 e. The first kappa shape index (κ1) is 18.3. The van der Waals surface area contributed by atoms with Crippen molar-refractivity contribution in [3.63, 3.8) is 0 Å². The molecule has 1 aliphatic carbocycles. The highest BCUT2D eigenvalue weighted by Crippen LogP contribution is 2.30. The number of rotatable bonds is 5. The molecule has 1 N–H and O–H groups in total. The van der Waals surface area contributed by atoms with Gasteiger partial charge in [0, 0.05) is 11.3 Å². The van der Waals surface area contributed by atoms with E-state index in [0.717, 1.165) is 25.7 Å². The first-order chi connectivity index (χ1) is 9.79. The van der Waals surface area contributed by atoms with Gasteiger partial charge in [-0.05, 0) is 44.3 Å². The van der Waals surface area contributed by atoms with Crippen molar-refractivity contribution in [2.75, 3.05) is 12.9 Å². The summed E-state index contributed by atoms with van der Waals surface area (Å²) in [4.78, 5) is 24.6. The molecule has 1 unspecified atom stereocenters. The van der Waals surface area contributed by atoms with Crippen molar-refractivity contribution in [2.24, 2.45) is 11.3 Å². The number of hydrogen-bond donors (Lipinski definition) is 1. The van der Waals surface area contributed by atoms with E-state index in [4.69, 9.17) is 4.74 Å². The van der Waals surface area contributed by atoms with Crippen LogP contribution in [0.1, 0.15) is 53.4 Å². The van der Waals surface area contributed by atoms with Crippen molar-refractivity contribution in [2.45, 2.75) is 64.7 Å². The molecule has 0 heterocycles. The van der Waals surface area contributed by atoms with E-state index in [0.29, 0.717) is 11.9 Å². The summed E-state index contributed by atoms with van der Waals surface area (Å²) in [6, 6.07) is 0.195. The number of hydrogen-bond acceptors (Lipinski definition) is 4. The zero-order valence-electron chi connectivity index (χ0n) is 13.9. The number of ether oxygens (including phenoxy) is 1. The minimum Gasteiger partial charge on any atom is -0.465 e. The Kier molecular flexibility index (Phi) is 7.04. The first-order valence-corrected chi connectivity index (χ1v) is 9.08. The summed E-state index contributed by atoms with van der Waals surface area (Å²) in [6.45, 7) is 7.77. The van der Waals surface area contributed by atoms with Crippen molar-refractivity contribution in [3.05, 3.63) is 0 Å². The number of nitrogens with one attached hydrogen (secondary N) is 1. The standard InChI is InChI=1S/C16H29NO3S/c1-6-20-15(19)13(16(2,3)4)14(18)17-11-7-9-12(21-5)10-8-11/h11-13H,6-10H2,1-5H3,(H,17,18). The van der Waals surface area contributed by atoms with Crippen LogP contribution in [0.3, 0.4) is 0 Å². The fraction of sp³-hybridized carbons (Fsp3) is 0.875. The predicted molar refractivity (Wildman–Crippen MR) is 87.3 cm³/mol. The maximum Gasteiger partial charge on any atom is 0.319 e. The molecule has 0 radical (unpaired) electrons. The topological polar surface area (TPSA) is 55.4 Å². The Bertz CT molecular complexity index is 357. The number of amides is 1. The first-order valence-electron chi connectivity index (χ1n) is 7.79. The van der Waals surface area contributed by atoms with Crippen LogP contribution < -0.4 is 5.32 Å². The summed E-state index contributed by atoms with van der Waals surface area (Å²) in [7, 11) is 0. The summed E-state index contributed by atoms with van der Waals surface area (Å²) >= 11 is 1.90. The molecule has 0 saturated heterocycles. The molecule has 4 nitrogen and oxygen atoms in total. The molecule has 5 heteroatoms. The van der Waals surface area contributed by atoms with Gasteiger partial charge in [0.15, 0.2) is 0 Å². The van der Waals surface area contributed by atoms with Crippen molar-refractivity contribution in [1.29, 1.82) is 0 Å². The number of carbonyl (C=O) groups is 2. The second-order valence-corrected chi connectivity index (χ2v) is 7.91. The van der Waals surface area contributed by atoms with E-state index in [9.17, 15) is 9.59 Å². The average Bonchev–Trinajstić information content (AvgIpc) is 2.38. The van der Waals surface area contributed by atoms with Gasteiger partial charge in [0.2, 0.25) is 5.91 Å². The Morgan fingerprint density at radius 3 is 2.24 bits per heavy atom. The summed E-state index contributed by atoms with van der Waals surface area (Å²) in [5.74, 6) is -1.34. The lowest BCUT2D eigenvalue weighted by molar-refractivity contribution is -0.156. The van der Waals surface area contributed by atoms with Gasteiger partial charge in [-0.25, -0.2) is 0 Å². The maximum atomic E-state index is 12.5. The molecule has 122 valence electrons. The molecule has 1 atom stereocenters. The average molecular weight is 315 g/mol. The third kappa shape index (κ3) is 5.53. The molecule has 1 saturated carbocycles. The normalized spacial score (nSPS) is 24.2. The minimum atomic E-state index is -0.740. The monoisotopic (exact) mass is 315 g/mol. The van der Waals surface area contributed by atoms with Gasteiger partial charge in [0.25, 0.3) is 0 Å². The van der Waals surface area contributed by atoms with E-state index < -0.39 is 17.3 Å². The van der Waals surface area contributed by atoms with Crippen molar-refractivity contribution in [3.8, 4) is 0 Å². The highest BCUT2D eigenvalue weighted by atomic mass is 32.2. The van der Waals surface area contributed by atoms with Crippen LogP contribution in [0.4, 0.5) is 0 Å². The van der Waals surface area contributed by atoms with E-state index >= 15 is 0 Å².